The molecular formula is C25H31N5O3. The zero-order chi connectivity index (χ0) is 23.4. The van der Waals surface area contributed by atoms with Gasteiger partial charge >= 0.3 is 0 Å². The zero-order valence-corrected chi connectivity index (χ0v) is 19.4. The molecule has 2 amide bonds. The lowest BCUT2D eigenvalue weighted by atomic mass is 10.0. The summed E-state index contributed by atoms with van der Waals surface area (Å²) in [6, 6.07) is 11.8. The van der Waals surface area contributed by atoms with Crippen molar-refractivity contribution >= 4 is 17.5 Å². The first-order chi connectivity index (χ1) is 15.9. The number of hydrogen-bond donors (Lipinski definition) is 2. The summed E-state index contributed by atoms with van der Waals surface area (Å²) in [7, 11) is 0. The molecule has 8 nitrogen and oxygen atoms in total. The molecule has 0 atom stereocenters. The van der Waals surface area contributed by atoms with Crippen LogP contribution in [0.25, 0.3) is 5.69 Å². The molecule has 8 heteroatoms. The molecule has 3 heterocycles. The number of amides is 2. The van der Waals surface area contributed by atoms with Crippen molar-refractivity contribution in [1.29, 1.82) is 0 Å². The fourth-order valence-electron chi connectivity index (χ4n) is 4.26. The van der Waals surface area contributed by atoms with E-state index in [0.717, 1.165) is 54.3 Å². The van der Waals surface area contributed by atoms with Crippen LogP contribution in [0.15, 0.2) is 47.1 Å². The van der Waals surface area contributed by atoms with Crippen molar-refractivity contribution in [3.63, 3.8) is 0 Å². The Morgan fingerprint density at radius 1 is 1.09 bits per heavy atom. The third-order valence-corrected chi connectivity index (χ3v) is 6.20. The number of hydrogen-bond acceptors (Lipinski definition) is 5. The molecule has 0 radical (unpaired) electrons. The number of carbonyl (C=O) groups is 2. The maximum atomic E-state index is 12.6. The number of anilines is 1. The number of aryl methyl sites for hydroxylation is 2. The lowest BCUT2D eigenvalue weighted by molar-refractivity contribution is -0.116. The van der Waals surface area contributed by atoms with Gasteiger partial charge in [0.1, 0.15) is 0 Å². The highest BCUT2D eigenvalue weighted by Crippen LogP contribution is 2.23. The summed E-state index contributed by atoms with van der Waals surface area (Å²) in [5, 5.41) is 10.7. The maximum Gasteiger partial charge on any atom is 0.287 e. The van der Waals surface area contributed by atoms with Crippen molar-refractivity contribution in [2.45, 2.75) is 46.1 Å². The van der Waals surface area contributed by atoms with Gasteiger partial charge in [0.15, 0.2) is 5.76 Å². The molecule has 1 aromatic carbocycles. The van der Waals surface area contributed by atoms with Gasteiger partial charge in [-0.3, -0.25) is 9.59 Å². The van der Waals surface area contributed by atoms with Crippen molar-refractivity contribution in [3.05, 3.63) is 65.4 Å². The standard InChI is InChI=1S/C25H31N5O3/c1-17-12-16-33-24(17)25(32)26-20-9-13-29(14-10-20)15-11-22(31)27-23-18(2)28-30(19(23)3)21-7-5-4-6-8-21/h4-8,12,16,20H,9-11,13-15H2,1-3H3,(H,26,32)(H,27,31). The first kappa shape index (κ1) is 22.8. The second-order valence-electron chi connectivity index (χ2n) is 8.61. The fraction of sp³-hybridized carbons (Fsp3) is 0.400. The van der Waals surface area contributed by atoms with Gasteiger partial charge in [0.05, 0.1) is 29.0 Å². The summed E-state index contributed by atoms with van der Waals surface area (Å²) in [6.07, 6.45) is 3.66. The highest BCUT2D eigenvalue weighted by molar-refractivity contribution is 5.93. The minimum absolute atomic E-state index is 0.0162. The van der Waals surface area contributed by atoms with Crippen molar-refractivity contribution in [2.75, 3.05) is 25.0 Å². The normalized spacial score (nSPS) is 14.9. The van der Waals surface area contributed by atoms with E-state index in [4.69, 9.17) is 4.42 Å². The average molecular weight is 450 g/mol. The molecule has 1 aliphatic rings. The Kier molecular flexibility index (Phi) is 6.93. The van der Waals surface area contributed by atoms with Crippen molar-refractivity contribution in [2.24, 2.45) is 0 Å². The van der Waals surface area contributed by atoms with Crippen LogP contribution in [-0.2, 0) is 4.79 Å². The van der Waals surface area contributed by atoms with Crippen LogP contribution < -0.4 is 10.6 Å². The van der Waals surface area contributed by atoms with Crippen LogP contribution in [0.3, 0.4) is 0 Å². The Hall–Kier alpha value is -3.39. The Morgan fingerprint density at radius 3 is 2.48 bits per heavy atom. The van der Waals surface area contributed by atoms with Crippen LogP contribution in [-0.4, -0.2) is 52.2 Å². The molecule has 33 heavy (non-hydrogen) atoms. The summed E-state index contributed by atoms with van der Waals surface area (Å²) in [4.78, 5) is 27.2. The third-order valence-electron chi connectivity index (χ3n) is 6.20. The van der Waals surface area contributed by atoms with Crippen LogP contribution in [0.2, 0.25) is 0 Å². The number of likely N-dealkylation sites (tertiary alicyclic amines) is 1. The van der Waals surface area contributed by atoms with Gasteiger partial charge < -0.3 is 20.0 Å². The SMILES string of the molecule is Cc1ccoc1C(=O)NC1CCN(CCC(=O)Nc2c(C)nn(-c3ccccc3)c2C)CC1. The molecule has 0 bridgehead atoms. The molecule has 3 aromatic rings. The molecule has 174 valence electrons. The van der Waals surface area contributed by atoms with E-state index >= 15 is 0 Å². The minimum Gasteiger partial charge on any atom is -0.459 e. The highest BCUT2D eigenvalue weighted by atomic mass is 16.3. The molecule has 0 saturated carbocycles. The van der Waals surface area contributed by atoms with Gasteiger partial charge in [-0.1, -0.05) is 18.2 Å². The molecule has 2 aromatic heterocycles. The van der Waals surface area contributed by atoms with E-state index in [1.54, 1.807) is 6.07 Å². The summed E-state index contributed by atoms with van der Waals surface area (Å²) in [5.74, 6) is 0.213. The largest absolute Gasteiger partial charge is 0.459 e. The van der Waals surface area contributed by atoms with Crippen molar-refractivity contribution in [3.8, 4) is 5.69 Å². The molecule has 1 fully saturated rings. The van der Waals surface area contributed by atoms with Crippen LogP contribution in [0.4, 0.5) is 5.69 Å². The van der Waals surface area contributed by atoms with Crippen molar-refractivity contribution < 1.29 is 14.0 Å². The molecule has 2 N–H and O–H groups in total. The van der Waals surface area contributed by atoms with Gasteiger partial charge in [-0.25, -0.2) is 4.68 Å². The van der Waals surface area contributed by atoms with E-state index in [1.165, 1.54) is 6.26 Å². The van der Waals surface area contributed by atoms with Gasteiger partial charge in [-0.05, 0) is 51.8 Å². The first-order valence-electron chi connectivity index (χ1n) is 11.4. The molecule has 0 spiro atoms. The quantitative estimate of drug-likeness (QED) is 0.575. The molecule has 0 unspecified atom stereocenters. The number of nitrogens with zero attached hydrogens (tertiary/aromatic N) is 3. The van der Waals surface area contributed by atoms with Crippen LogP contribution in [0, 0.1) is 20.8 Å². The number of nitrogens with one attached hydrogen (secondary N) is 2. The van der Waals surface area contributed by atoms with E-state index in [0.29, 0.717) is 18.7 Å². The first-order valence-corrected chi connectivity index (χ1v) is 11.4. The molecule has 4 rings (SSSR count). The Balaban J connectivity index is 1.24. The second-order valence-corrected chi connectivity index (χ2v) is 8.61. The van der Waals surface area contributed by atoms with E-state index in [-0.39, 0.29) is 17.9 Å². The third kappa shape index (κ3) is 5.34. The second kappa shape index (κ2) is 10.0. The summed E-state index contributed by atoms with van der Waals surface area (Å²) in [6.45, 7) is 8.12. The number of rotatable bonds is 7. The fourth-order valence-corrected chi connectivity index (χ4v) is 4.26. The number of para-hydroxylation sites is 1. The topological polar surface area (TPSA) is 92.4 Å². The van der Waals surface area contributed by atoms with Crippen LogP contribution in [0.1, 0.15) is 46.8 Å². The molecular weight excluding hydrogens is 418 g/mol. The average Bonchev–Trinajstić information content (AvgIpc) is 3.37. The lowest BCUT2D eigenvalue weighted by Crippen LogP contribution is -2.45. The molecule has 1 aliphatic heterocycles. The lowest BCUT2D eigenvalue weighted by Gasteiger charge is -2.32. The Labute approximate surface area is 194 Å². The number of benzene rings is 1. The number of furan rings is 1. The molecule has 1 saturated heterocycles. The van der Waals surface area contributed by atoms with E-state index in [2.05, 4.69) is 20.6 Å². The zero-order valence-electron chi connectivity index (χ0n) is 19.4. The van der Waals surface area contributed by atoms with E-state index in [1.807, 2.05) is 55.8 Å². The summed E-state index contributed by atoms with van der Waals surface area (Å²) >= 11 is 0. The Bertz CT molecular complexity index is 1110. The van der Waals surface area contributed by atoms with Gasteiger partial charge in [0.25, 0.3) is 5.91 Å². The summed E-state index contributed by atoms with van der Waals surface area (Å²) in [5.41, 5.74) is 4.30. The van der Waals surface area contributed by atoms with Gasteiger partial charge in [0.2, 0.25) is 5.91 Å². The molecule has 0 aliphatic carbocycles. The number of piperidine rings is 1. The predicted octanol–water partition coefficient (Wildman–Crippen LogP) is 3.61. The van der Waals surface area contributed by atoms with Gasteiger partial charge in [0, 0.05) is 37.7 Å². The van der Waals surface area contributed by atoms with Crippen LogP contribution in [0.5, 0.6) is 0 Å². The van der Waals surface area contributed by atoms with Crippen LogP contribution >= 0.6 is 0 Å². The Morgan fingerprint density at radius 2 is 1.82 bits per heavy atom. The van der Waals surface area contributed by atoms with E-state index in [9.17, 15) is 9.59 Å². The monoisotopic (exact) mass is 449 g/mol. The highest BCUT2D eigenvalue weighted by Gasteiger charge is 2.23. The van der Waals surface area contributed by atoms with Gasteiger partial charge in [-0.2, -0.15) is 5.10 Å². The number of carbonyl (C=O) groups excluding carboxylic acids is 2. The smallest absolute Gasteiger partial charge is 0.287 e. The predicted molar refractivity (Wildman–Crippen MR) is 127 cm³/mol. The number of aromatic nitrogens is 2. The van der Waals surface area contributed by atoms with Crippen molar-refractivity contribution in [1.82, 2.24) is 20.0 Å². The van der Waals surface area contributed by atoms with E-state index < -0.39 is 0 Å². The minimum atomic E-state index is -0.155. The van der Waals surface area contributed by atoms with Gasteiger partial charge in [-0.15, -0.1) is 0 Å². The summed E-state index contributed by atoms with van der Waals surface area (Å²) < 4.78 is 7.13. The maximum absolute atomic E-state index is 12.6.